The molecule has 2 heterocycles. The summed E-state index contributed by atoms with van der Waals surface area (Å²) < 4.78 is 0. The predicted octanol–water partition coefficient (Wildman–Crippen LogP) is 5.86. The Labute approximate surface area is 235 Å². The van der Waals surface area contributed by atoms with E-state index in [-0.39, 0.29) is 5.41 Å². The zero-order valence-electron chi connectivity index (χ0n) is 22.3. The first kappa shape index (κ1) is 27.7. The zero-order chi connectivity index (χ0) is 27.7. The zero-order valence-corrected chi connectivity index (χ0v) is 23.8. The van der Waals surface area contributed by atoms with Crippen molar-refractivity contribution < 1.29 is 0 Å². The first-order chi connectivity index (χ1) is 18.0. The molecule has 0 amide bonds. The second-order valence-corrected chi connectivity index (χ2v) is 11.5. The molecule has 38 heavy (non-hydrogen) atoms. The van der Waals surface area contributed by atoms with Gasteiger partial charge in [-0.05, 0) is 35.6 Å². The fourth-order valence-corrected chi connectivity index (χ4v) is 4.90. The van der Waals surface area contributed by atoms with Crippen LogP contribution in [0.1, 0.15) is 45.2 Å². The highest BCUT2D eigenvalue weighted by Crippen LogP contribution is 2.39. The molecule has 2 aromatic carbocycles. The number of anilines is 2. The van der Waals surface area contributed by atoms with Gasteiger partial charge in [-0.15, -0.1) is 5.53 Å². The van der Waals surface area contributed by atoms with E-state index in [1.165, 1.54) is 0 Å². The van der Waals surface area contributed by atoms with Crippen LogP contribution >= 0.6 is 23.2 Å². The van der Waals surface area contributed by atoms with E-state index in [2.05, 4.69) is 60.0 Å². The van der Waals surface area contributed by atoms with Gasteiger partial charge in [-0.25, -0.2) is 0 Å². The molecule has 1 unspecified atom stereocenters. The lowest BCUT2D eigenvalue weighted by atomic mass is 9.69. The van der Waals surface area contributed by atoms with E-state index in [4.69, 9.17) is 23.2 Å². The minimum atomic E-state index is -0.787. The quantitative estimate of drug-likeness (QED) is 0.263. The molecule has 1 aliphatic rings. The summed E-state index contributed by atoms with van der Waals surface area (Å²) in [6.45, 7) is 13.3. The van der Waals surface area contributed by atoms with Crippen LogP contribution < -0.4 is 21.6 Å². The number of pyridine rings is 1. The number of hydrazine groups is 2. The second kappa shape index (κ2) is 10.8. The Morgan fingerprint density at radius 1 is 1.21 bits per heavy atom. The number of hydrogen-bond acceptors (Lipinski definition) is 7. The fourth-order valence-electron chi connectivity index (χ4n) is 4.30. The number of hydrogen-bond donors (Lipinski definition) is 4. The van der Waals surface area contributed by atoms with Crippen molar-refractivity contribution in [2.75, 3.05) is 17.2 Å². The van der Waals surface area contributed by atoms with E-state index in [1.807, 2.05) is 62.4 Å². The summed E-state index contributed by atoms with van der Waals surface area (Å²) in [5.41, 5.74) is 10.8. The highest BCUT2D eigenvalue weighted by Gasteiger charge is 2.36. The lowest BCUT2D eigenvalue weighted by Crippen LogP contribution is -2.45. The first-order valence-electron chi connectivity index (χ1n) is 12.5. The third-order valence-corrected chi connectivity index (χ3v) is 7.12. The predicted molar refractivity (Wildman–Crippen MR) is 160 cm³/mol. The number of halogens is 2. The summed E-state index contributed by atoms with van der Waals surface area (Å²) in [6.07, 6.45) is 4.32. The van der Waals surface area contributed by atoms with Crippen LogP contribution in [-0.4, -0.2) is 24.4 Å². The molecule has 10 heteroatoms. The highest BCUT2D eigenvalue weighted by molar-refractivity contribution is 6.36. The molecule has 0 saturated carbocycles. The van der Waals surface area contributed by atoms with Gasteiger partial charge in [0.15, 0.2) is 0 Å². The van der Waals surface area contributed by atoms with Gasteiger partial charge in [-0.2, -0.15) is 5.26 Å². The number of aromatic nitrogens is 1. The minimum absolute atomic E-state index is 0.00654. The number of nitrogens with zero attached hydrogens (tertiary/aromatic N) is 3. The van der Waals surface area contributed by atoms with Crippen LogP contribution in [0.4, 0.5) is 11.4 Å². The Balaban J connectivity index is 1.85. The van der Waals surface area contributed by atoms with Crippen molar-refractivity contribution >= 4 is 53.3 Å². The van der Waals surface area contributed by atoms with Crippen molar-refractivity contribution in [3.8, 4) is 6.07 Å². The number of benzene rings is 2. The number of nitriles is 1. The van der Waals surface area contributed by atoms with Gasteiger partial charge in [-0.3, -0.25) is 9.99 Å². The number of fused-ring (bicyclic) bond motifs is 1. The van der Waals surface area contributed by atoms with E-state index < -0.39 is 5.44 Å². The summed E-state index contributed by atoms with van der Waals surface area (Å²) in [7, 11) is 2.05. The van der Waals surface area contributed by atoms with E-state index in [0.29, 0.717) is 33.4 Å². The molecule has 0 fully saturated rings. The molecule has 0 spiro atoms. The van der Waals surface area contributed by atoms with E-state index in [9.17, 15) is 5.26 Å². The molecular weight excluding hydrogens is 516 g/mol. The molecule has 1 aliphatic heterocycles. The van der Waals surface area contributed by atoms with Crippen molar-refractivity contribution in [3.05, 3.63) is 87.9 Å². The van der Waals surface area contributed by atoms with Crippen molar-refractivity contribution in [3.63, 3.8) is 0 Å². The smallest absolute Gasteiger partial charge is 0.148 e. The summed E-state index contributed by atoms with van der Waals surface area (Å²) in [5.74, 6) is 0. The topological polar surface area (TPSA) is 88.0 Å². The van der Waals surface area contributed by atoms with Crippen molar-refractivity contribution in [2.45, 2.75) is 39.6 Å². The molecule has 0 radical (unpaired) electrons. The average molecular weight is 548 g/mol. The minimum Gasteiger partial charge on any atom is -0.383 e. The van der Waals surface area contributed by atoms with E-state index >= 15 is 0 Å². The maximum absolute atomic E-state index is 9.82. The van der Waals surface area contributed by atoms with E-state index in [1.54, 1.807) is 6.20 Å². The van der Waals surface area contributed by atoms with E-state index in [0.717, 1.165) is 34.5 Å². The average Bonchev–Trinajstić information content (AvgIpc) is 3.37. The van der Waals surface area contributed by atoms with Crippen LogP contribution in [0.5, 0.6) is 0 Å². The Hall–Kier alpha value is -3.38. The molecule has 0 saturated heterocycles. The van der Waals surface area contributed by atoms with Crippen LogP contribution in [0.3, 0.4) is 0 Å². The Kier molecular flexibility index (Phi) is 7.84. The molecule has 0 aliphatic carbocycles. The summed E-state index contributed by atoms with van der Waals surface area (Å²) in [5, 5.41) is 20.7. The normalized spacial score (nSPS) is 14.9. The van der Waals surface area contributed by atoms with Gasteiger partial charge in [0.1, 0.15) is 13.9 Å². The van der Waals surface area contributed by atoms with Crippen molar-refractivity contribution in [2.24, 2.45) is 5.41 Å². The second-order valence-electron chi connectivity index (χ2n) is 10.7. The van der Waals surface area contributed by atoms with Crippen LogP contribution in [0.2, 0.25) is 10.0 Å². The standard InChI is InChI=1S/C28H32BCl2N7/c1-6-17(2)38-15-24(36-37-38)28(29,21-9-7-8-10-22(21)30)35-19-11-20-25(34-16-27(3,4)5)18(13-32)14-33-26(20)23(31)12-19/h7-12,14-15,35-37H,2,6,16,29H2,1,3-5H3,(H,33,34). The molecule has 0 bridgehead atoms. The first-order valence-corrected chi connectivity index (χ1v) is 13.2. The molecule has 4 rings (SSSR count). The van der Waals surface area contributed by atoms with Crippen LogP contribution in [0, 0.1) is 16.7 Å². The summed E-state index contributed by atoms with van der Waals surface area (Å²) >= 11 is 13.5. The SMILES string of the molecule is BC(Nc1cc(Cl)c2ncc(C#N)c(NCC(C)(C)C)c2c1)(C1=CN(C(=C)CC)NN1)c1ccccc1Cl. The lowest BCUT2D eigenvalue weighted by molar-refractivity contribution is 0.327. The van der Waals surface area contributed by atoms with Crippen LogP contribution in [-0.2, 0) is 5.44 Å². The van der Waals surface area contributed by atoms with Gasteiger partial charge in [-0.1, -0.05) is 75.7 Å². The van der Waals surface area contributed by atoms with Gasteiger partial charge >= 0.3 is 0 Å². The molecule has 3 aromatic rings. The largest absolute Gasteiger partial charge is 0.383 e. The van der Waals surface area contributed by atoms with Crippen molar-refractivity contribution in [1.82, 2.24) is 21.0 Å². The lowest BCUT2D eigenvalue weighted by Gasteiger charge is -2.34. The molecule has 196 valence electrons. The molecule has 4 N–H and O–H groups in total. The van der Waals surface area contributed by atoms with Gasteiger partial charge in [0.2, 0.25) is 0 Å². The van der Waals surface area contributed by atoms with Gasteiger partial charge in [0.25, 0.3) is 0 Å². The fraction of sp³-hybridized carbons (Fsp3) is 0.286. The maximum atomic E-state index is 9.82. The van der Waals surface area contributed by atoms with Gasteiger partial charge in [0.05, 0.1) is 32.9 Å². The van der Waals surface area contributed by atoms with Crippen molar-refractivity contribution in [1.29, 1.82) is 5.26 Å². The van der Waals surface area contributed by atoms with Gasteiger partial charge < -0.3 is 16.1 Å². The van der Waals surface area contributed by atoms with Crippen LogP contribution in [0.15, 0.2) is 66.8 Å². The number of allylic oxidation sites excluding steroid dienone is 1. The summed E-state index contributed by atoms with van der Waals surface area (Å²) in [4.78, 5) is 4.49. The Morgan fingerprint density at radius 2 is 1.95 bits per heavy atom. The maximum Gasteiger partial charge on any atom is 0.148 e. The van der Waals surface area contributed by atoms with Crippen LogP contribution in [0.25, 0.3) is 10.9 Å². The highest BCUT2D eigenvalue weighted by atomic mass is 35.5. The molecule has 1 aromatic heterocycles. The number of rotatable bonds is 8. The third-order valence-electron chi connectivity index (χ3n) is 6.50. The monoisotopic (exact) mass is 547 g/mol. The third kappa shape index (κ3) is 5.56. The Morgan fingerprint density at radius 3 is 2.61 bits per heavy atom. The number of nitrogens with one attached hydrogen (secondary N) is 4. The Bertz CT molecular complexity index is 1460. The molecule has 1 atom stereocenters. The molecular formula is C28H32BCl2N7. The molecule has 7 nitrogen and oxygen atoms in total. The van der Waals surface area contributed by atoms with Gasteiger partial charge in [0, 0.05) is 40.7 Å². The summed E-state index contributed by atoms with van der Waals surface area (Å²) in [6, 6.07) is 13.8.